The number of carbonyl (C=O) groups excluding carboxylic acids is 1. The van der Waals surface area contributed by atoms with Crippen LogP contribution in [0.1, 0.15) is 26.3 Å². The molecule has 1 heterocycles. The molecule has 1 aromatic carbocycles. The molecule has 1 amide bonds. The minimum absolute atomic E-state index is 0.140. The normalized spacial score (nSPS) is 18.3. The van der Waals surface area contributed by atoms with Gasteiger partial charge in [0.2, 0.25) is 0 Å². The molecule has 0 fully saturated rings. The first kappa shape index (κ1) is 17.0. The summed E-state index contributed by atoms with van der Waals surface area (Å²) >= 11 is 0. The number of benzene rings is 1. The topological polar surface area (TPSA) is 66.8 Å². The maximum Gasteiger partial charge on any atom is 0.415 e. The molecule has 0 saturated carbocycles. The molecule has 5 nitrogen and oxygen atoms in total. The molecule has 0 radical (unpaired) electrons. The average molecular weight is 325 g/mol. The first-order chi connectivity index (χ1) is 10.0. The van der Waals surface area contributed by atoms with Gasteiger partial charge in [-0.1, -0.05) is 0 Å². The zero-order valence-corrected chi connectivity index (χ0v) is 14.7. The second kappa shape index (κ2) is 5.71. The van der Waals surface area contributed by atoms with Crippen LogP contribution in [0.5, 0.6) is 0 Å². The summed E-state index contributed by atoms with van der Waals surface area (Å²) in [5, 5.41) is 10.4. The summed E-state index contributed by atoms with van der Waals surface area (Å²) in [5.74, 6) is 0. The number of anilines is 1. The van der Waals surface area contributed by atoms with Gasteiger partial charge in [0.1, 0.15) is 12.7 Å². The summed E-state index contributed by atoms with van der Waals surface area (Å²) in [4.78, 5) is 13.9. The zero-order chi connectivity index (χ0) is 16.7. The molecule has 6 heteroatoms. The highest BCUT2D eigenvalue weighted by atomic mass is 31.2. The van der Waals surface area contributed by atoms with Crippen LogP contribution >= 0.6 is 7.14 Å². The van der Waals surface area contributed by atoms with Crippen molar-refractivity contribution in [2.75, 3.05) is 24.8 Å². The summed E-state index contributed by atoms with van der Waals surface area (Å²) in [7, 11) is -2.35. The summed E-state index contributed by atoms with van der Waals surface area (Å²) < 4.78 is 17.6. The third-order valence-electron chi connectivity index (χ3n) is 3.57. The Hall–Kier alpha value is -1.32. The third-order valence-corrected chi connectivity index (χ3v) is 5.09. The fraction of sp³-hybridized carbons (Fsp3) is 0.562. The smallest absolute Gasteiger partial charge is 0.415 e. The van der Waals surface area contributed by atoms with E-state index in [9.17, 15) is 14.5 Å². The molecule has 0 aliphatic carbocycles. The SMILES string of the molecule is CC(C)(C)OC(=O)N1c2ccc(P(C)(C)=O)cc2C[C@H]1CO. The van der Waals surface area contributed by atoms with Crippen molar-refractivity contribution in [3.63, 3.8) is 0 Å². The van der Waals surface area contributed by atoms with Gasteiger partial charge in [-0.15, -0.1) is 0 Å². The largest absolute Gasteiger partial charge is 0.443 e. The molecule has 0 spiro atoms. The van der Waals surface area contributed by atoms with E-state index in [1.165, 1.54) is 4.90 Å². The first-order valence-electron chi connectivity index (χ1n) is 7.34. The van der Waals surface area contributed by atoms with Crippen molar-refractivity contribution in [3.05, 3.63) is 23.8 Å². The van der Waals surface area contributed by atoms with E-state index < -0.39 is 18.8 Å². The van der Waals surface area contributed by atoms with Crippen molar-refractivity contribution >= 4 is 24.2 Å². The molecule has 1 aromatic rings. The van der Waals surface area contributed by atoms with E-state index in [1.54, 1.807) is 25.5 Å². The van der Waals surface area contributed by atoms with Crippen molar-refractivity contribution in [2.24, 2.45) is 0 Å². The fourth-order valence-electron chi connectivity index (χ4n) is 2.55. The van der Waals surface area contributed by atoms with Gasteiger partial charge in [0.05, 0.1) is 18.3 Å². The molecule has 1 aliphatic heterocycles. The van der Waals surface area contributed by atoms with Crippen LogP contribution in [0.2, 0.25) is 0 Å². The van der Waals surface area contributed by atoms with Gasteiger partial charge in [-0.2, -0.15) is 0 Å². The van der Waals surface area contributed by atoms with Gasteiger partial charge in [0, 0.05) is 5.30 Å². The summed E-state index contributed by atoms with van der Waals surface area (Å²) in [5.41, 5.74) is 1.05. The molecule has 0 unspecified atom stereocenters. The van der Waals surface area contributed by atoms with Crippen LogP contribution in [0.4, 0.5) is 10.5 Å². The van der Waals surface area contributed by atoms with Crippen molar-refractivity contribution in [1.82, 2.24) is 0 Å². The van der Waals surface area contributed by atoms with E-state index in [0.717, 1.165) is 16.6 Å². The van der Waals surface area contributed by atoms with Crippen molar-refractivity contribution in [3.8, 4) is 0 Å². The number of hydrogen-bond donors (Lipinski definition) is 1. The molecule has 1 N–H and O–H groups in total. The van der Waals surface area contributed by atoms with Gasteiger partial charge >= 0.3 is 6.09 Å². The monoisotopic (exact) mass is 325 g/mol. The Balaban J connectivity index is 2.38. The first-order valence-corrected chi connectivity index (χ1v) is 9.94. The van der Waals surface area contributed by atoms with E-state index in [4.69, 9.17) is 4.74 Å². The average Bonchev–Trinajstić information content (AvgIpc) is 2.72. The van der Waals surface area contributed by atoms with Crippen LogP contribution in [0.25, 0.3) is 0 Å². The second-order valence-electron chi connectivity index (χ2n) is 7.05. The number of ether oxygens (including phenoxy) is 1. The van der Waals surface area contributed by atoms with Gasteiger partial charge in [-0.25, -0.2) is 4.79 Å². The van der Waals surface area contributed by atoms with Crippen LogP contribution in [-0.2, 0) is 15.7 Å². The number of aliphatic hydroxyl groups is 1. The Kier molecular flexibility index (Phi) is 4.42. The summed E-state index contributed by atoms with van der Waals surface area (Å²) in [6.45, 7) is 8.73. The fourth-order valence-corrected chi connectivity index (χ4v) is 3.45. The number of aliphatic hydroxyl groups excluding tert-OH is 1. The second-order valence-corrected chi connectivity index (χ2v) is 10.3. The summed E-state index contributed by atoms with van der Waals surface area (Å²) in [6.07, 6.45) is 0.0769. The van der Waals surface area contributed by atoms with Crippen molar-refractivity contribution in [2.45, 2.75) is 38.8 Å². The lowest BCUT2D eigenvalue weighted by Crippen LogP contribution is -2.43. The lowest BCUT2D eigenvalue weighted by atomic mass is 10.1. The minimum atomic E-state index is -2.35. The van der Waals surface area contributed by atoms with Gasteiger partial charge in [0.25, 0.3) is 0 Å². The number of nitrogens with zero attached hydrogens (tertiary/aromatic N) is 1. The molecule has 0 saturated heterocycles. The Morgan fingerprint density at radius 3 is 2.55 bits per heavy atom. The predicted molar refractivity (Wildman–Crippen MR) is 88.8 cm³/mol. The highest BCUT2D eigenvalue weighted by molar-refractivity contribution is 7.70. The van der Waals surface area contributed by atoms with Crippen molar-refractivity contribution in [1.29, 1.82) is 0 Å². The highest BCUT2D eigenvalue weighted by Crippen LogP contribution is 2.39. The molecule has 122 valence electrons. The molecular formula is C16H24NO4P. The number of carbonyl (C=O) groups is 1. The van der Waals surface area contributed by atoms with E-state index in [2.05, 4.69) is 0 Å². The molecule has 0 aromatic heterocycles. The Morgan fingerprint density at radius 2 is 2.05 bits per heavy atom. The van der Waals surface area contributed by atoms with E-state index in [1.807, 2.05) is 26.8 Å². The van der Waals surface area contributed by atoms with Crippen LogP contribution in [-0.4, -0.2) is 42.8 Å². The van der Waals surface area contributed by atoms with Crippen LogP contribution in [0, 0.1) is 0 Å². The maximum atomic E-state index is 12.4. The minimum Gasteiger partial charge on any atom is -0.443 e. The number of rotatable bonds is 2. The molecule has 22 heavy (non-hydrogen) atoms. The zero-order valence-electron chi connectivity index (χ0n) is 13.8. The van der Waals surface area contributed by atoms with Gasteiger partial charge in [-0.05, 0) is 64.3 Å². The third kappa shape index (κ3) is 3.53. The quantitative estimate of drug-likeness (QED) is 0.849. The molecule has 1 atom stereocenters. The molecule has 1 aliphatic rings. The Bertz CT molecular complexity index is 630. The Labute approximate surface area is 131 Å². The van der Waals surface area contributed by atoms with E-state index >= 15 is 0 Å². The van der Waals surface area contributed by atoms with Crippen LogP contribution in [0.3, 0.4) is 0 Å². The lowest BCUT2D eigenvalue weighted by molar-refractivity contribution is 0.0557. The van der Waals surface area contributed by atoms with Gasteiger partial charge in [-0.3, -0.25) is 4.90 Å². The molecule has 2 rings (SSSR count). The number of fused-ring (bicyclic) bond motifs is 1. The maximum absolute atomic E-state index is 12.4. The predicted octanol–water partition coefficient (Wildman–Crippen LogP) is 2.59. The highest BCUT2D eigenvalue weighted by Gasteiger charge is 2.36. The van der Waals surface area contributed by atoms with Crippen molar-refractivity contribution < 1.29 is 19.2 Å². The molecule has 0 bridgehead atoms. The summed E-state index contributed by atoms with van der Waals surface area (Å²) in [6, 6.07) is 5.12. The molecular weight excluding hydrogens is 301 g/mol. The van der Waals surface area contributed by atoms with E-state index in [0.29, 0.717) is 6.42 Å². The standard InChI is InChI=1S/C16H24NO4P/c1-16(2,3)21-15(19)17-12(10-18)8-11-9-13(22(4,5)20)6-7-14(11)17/h6-7,9,12,18H,8,10H2,1-5H3/t12-/m0/s1. The van der Waals surface area contributed by atoms with Crippen LogP contribution in [0.15, 0.2) is 18.2 Å². The van der Waals surface area contributed by atoms with E-state index in [-0.39, 0.29) is 12.6 Å². The van der Waals surface area contributed by atoms with Gasteiger partial charge < -0.3 is 14.4 Å². The number of hydrogen-bond acceptors (Lipinski definition) is 4. The Morgan fingerprint density at radius 1 is 1.41 bits per heavy atom. The number of amides is 1. The lowest BCUT2D eigenvalue weighted by Gasteiger charge is -2.28. The van der Waals surface area contributed by atoms with Gasteiger partial charge in [0.15, 0.2) is 0 Å². The van der Waals surface area contributed by atoms with Crippen LogP contribution < -0.4 is 10.2 Å².